The van der Waals surface area contributed by atoms with E-state index in [-0.39, 0.29) is 12.2 Å². The smallest absolute Gasteiger partial charge is 0.310 e. The predicted molar refractivity (Wildman–Crippen MR) is 103 cm³/mol. The Morgan fingerprint density at radius 3 is 2.69 bits per heavy atom. The van der Waals surface area contributed by atoms with E-state index in [4.69, 9.17) is 33.2 Å². The molecule has 2 rings (SSSR count). The van der Waals surface area contributed by atoms with Gasteiger partial charge in [0.25, 0.3) is 5.91 Å². The molecule has 8 heteroatoms. The van der Waals surface area contributed by atoms with Gasteiger partial charge < -0.3 is 10.1 Å². The minimum Gasteiger partial charge on any atom is -0.455 e. The van der Waals surface area contributed by atoms with Crippen LogP contribution in [0.25, 0.3) is 0 Å². The number of rotatable bonds is 7. The van der Waals surface area contributed by atoms with Crippen molar-refractivity contribution < 1.29 is 14.3 Å². The van der Waals surface area contributed by atoms with Crippen molar-refractivity contribution in [2.45, 2.75) is 11.3 Å². The van der Waals surface area contributed by atoms with E-state index in [0.717, 1.165) is 4.90 Å². The monoisotopic (exact) mass is 408 g/mol. The number of nitriles is 1. The summed E-state index contributed by atoms with van der Waals surface area (Å²) in [7, 11) is 0. The van der Waals surface area contributed by atoms with Gasteiger partial charge in [0.05, 0.1) is 23.9 Å². The van der Waals surface area contributed by atoms with Crippen LogP contribution in [-0.2, 0) is 20.7 Å². The number of anilines is 1. The van der Waals surface area contributed by atoms with Crippen molar-refractivity contribution in [2.75, 3.05) is 17.7 Å². The number of esters is 1. The van der Waals surface area contributed by atoms with E-state index in [1.165, 1.54) is 17.8 Å². The van der Waals surface area contributed by atoms with Crippen LogP contribution in [-0.4, -0.2) is 24.2 Å². The van der Waals surface area contributed by atoms with Crippen LogP contribution in [0.4, 0.5) is 5.69 Å². The van der Waals surface area contributed by atoms with Crippen molar-refractivity contribution in [1.29, 1.82) is 5.26 Å². The van der Waals surface area contributed by atoms with Gasteiger partial charge in [-0.25, -0.2) is 0 Å². The van der Waals surface area contributed by atoms with Gasteiger partial charge in [0.1, 0.15) is 0 Å². The van der Waals surface area contributed by atoms with Gasteiger partial charge in [-0.3, -0.25) is 9.59 Å². The largest absolute Gasteiger partial charge is 0.455 e. The predicted octanol–water partition coefficient (Wildman–Crippen LogP) is 4.33. The summed E-state index contributed by atoms with van der Waals surface area (Å²) in [5, 5.41) is 12.2. The molecule has 0 aromatic heterocycles. The third kappa shape index (κ3) is 6.26. The van der Waals surface area contributed by atoms with Crippen LogP contribution in [0.2, 0.25) is 10.0 Å². The number of nitrogens with one attached hydrogen (secondary N) is 1. The lowest BCUT2D eigenvalue weighted by Crippen LogP contribution is -2.22. The Morgan fingerprint density at radius 2 is 1.96 bits per heavy atom. The molecule has 0 saturated heterocycles. The summed E-state index contributed by atoms with van der Waals surface area (Å²) in [6.07, 6.45) is -0.0576. The first-order valence-electron chi connectivity index (χ1n) is 7.48. The number of halogens is 2. The van der Waals surface area contributed by atoms with Gasteiger partial charge >= 0.3 is 5.97 Å². The van der Waals surface area contributed by atoms with E-state index in [2.05, 4.69) is 5.32 Å². The molecule has 0 saturated carbocycles. The van der Waals surface area contributed by atoms with Gasteiger partial charge in [0.15, 0.2) is 6.61 Å². The van der Waals surface area contributed by atoms with Crippen LogP contribution >= 0.6 is 35.0 Å². The third-order valence-electron chi connectivity index (χ3n) is 3.17. The Hall–Kier alpha value is -2.20. The van der Waals surface area contributed by atoms with Crippen molar-refractivity contribution in [3.8, 4) is 6.07 Å². The third-order valence-corrected chi connectivity index (χ3v) is 4.69. The highest BCUT2D eigenvalue weighted by Crippen LogP contribution is 2.26. The molecule has 0 bridgehead atoms. The Labute approximate surface area is 165 Å². The molecule has 0 spiro atoms. The number of ether oxygens (including phenoxy) is 1. The molecular formula is C18H14Cl2N2O3S. The summed E-state index contributed by atoms with van der Waals surface area (Å²) in [5.74, 6) is -0.772. The lowest BCUT2D eigenvalue weighted by Gasteiger charge is -2.10. The van der Waals surface area contributed by atoms with Crippen LogP contribution < -0.4 is 5.32 Å². The number of nitrogens with zero attached hydrogens (tertiary/aromatic N) is 1. The molecule has 26 heavy (non-hydrogen) atoms. The Morgan fingerprint density at radius 1 is 1.19 bits per heavy atom. The first-order valence-corrected chi connectivity index (χ1v) is 9.22. The highest BCUT2D eigenvalue weighted by molar-refractivity contribution is 7.99. The SMILES string of the molecule is N#CCSc1ccccc1NC(=O)COC(=O)Cc1ccc(Cl)cc1Cl. The van der Waals surface area contributed by atoms with Crippen LogP contribution in [0, 0.1) is 11.3 Å². The second-order valence-corrected chi connectivity index (χ2v) is 6.93. The number of para-hydroxylation sites is 1. The average molecular weight is 409 g/mol. The number of carbonyl (C=O) groups excluding carboxylic acids is 2. The zero-order chi connectivity index (χ0) is 18.9. The molecule has 134 valence electrons. The molecule has 0 aliphatic carbocycles. The quantitative estimate of drug-likeness (QED) is 0.544. The van der Waals surface area contributed by atoms with E-state index < -0.39 is 18.5 Å². The van der Waals surface area contributed by atoms with E-state index in [0.29, 0.717) is 21.3 Å². The molecule has 0 fully saturated rings. The second kappa shape index (κ2) is 10.1. The minimum atomic E-state index is -0.573. The molecule has 0 unspecified atom stereocenters. The number of hydrogen-bond donors (Lipinski definition) is 1. The fraction of sp³-hybridized carbons (Fsp3) is 0.167. The van der Waals surface area contributed by atoms with Crippen molar-refractivity contribution in [1.82, 2.24) is 0 Å². The molecular weight excluding hydrogens is 395 g/mol. The van der Waals surface area contributed by atoms with Gasteiger partial charge in [-0.15, -0.1) is 11.8 Å². The summed E-state index contributed by atoms with van der Waals surface area (Å²) >= 11 is 13.1. The van der Waals surface area contributed by atoms with Crippen LogP contribution in [0.3, 0.4) is 0 Å². The van der Waals surface area contributed by atoms with Gasteiger partial charge in [0, 0.05) is 14.9 Å². The van der Waals surface area contributed by atoms with E-state index in [1.54, 1.807) is 30.3 Å². The van der Waals surface area contributed by atoms with Crippen LogP contribution in [0.1, 0.15) is 5.56 Å². The normalized spacial score (nSPS) is 10.0. The van der Waals surface area contributed by atoms with Gasteiger partial charge in [-0.2, -0.15) is 5.26 Å². The molecule has 1 amide bonds. The molecule has 0 aliphatic rings. The number of hydrogen-bond acceptors (Lipinski definition) is 5. The zero-order valence-electron chi connectivity index (χ0n) is 13.5. The maximum absolute atomic E-state index is 12.0. The highest BCUT2D eigenvalue weighted by atomic mass is 35.5. The fourth-order valence-electron chi connectivity index (χ4n) is 2.01. The van der Waals surface area contributed by atoms with Crippen molar-refractivity contribution in [2.24, 2.45) is 0 Å². The average Bonchev–Trinajstić information content (AvgIpc) is 2.61. The maximum atomic E-state index is 12.0. The summed E-state index contributed by atoms with van der Waals surface area (Å²) in [6, 6.07) is 13.9. The van der Waals surface area contributed by atoms with Crippen molar-refractivity contribution >= 4 is 52.5 Å². The molecule has 0 radical (unpaired) electrons. The Kier molecular flexibility index (Phi) is 7.79. The fourth-order valence-corrected chi connectivity index (χ4v) is 3.15. The first-order chi connectivity index (χ1) is 12.5. The molecule has 2 aromatic carbocycles. The summed E-state index contributed by atoms with van der Waals surface area (Å²) in [6.45, 7) is -0.415. The lowest BCUT2D eigenvalue weighted by atomic mass is 10.1. The molecule has 0 atom stereocenters. The molecule has 5 nitrogen and oxygen atoms in total. The van der Waals surface area contributed by atoms with Crippen LogP contribution in [0.15, 0.2) is 47.4 Å². The van der Waals surface area contributed by atoms with Crippen LogP contribution in [0.5, 0.6) is 0 Å². The summed E-state index contributed by atoms with van der Waals surface area (Å²) in [5.41, 5.74) is 1.13. The number of carbonyl (C=O) groups is 2. The van der Waals surface area contributed by atoms with Gasteiger partial charge in [-0.1, -0.05) is 41.4 Å². The van der Waals surface area contributed by atoms with E-state index in [1.807, 2.05) is 12.1 Å². The molecule has 0 heterocycles. The molecule has 0 aliphatic heterocycles. The van der Waals surface area contributed by atoms with Gasteiger partial charge in [0.2, 0.25) is 0 Å². The lowest BCUT2D eigenvalue weighted by molar-refractivity contribution is -0.146. The standard InChI is InChI=1S/C18H14Cl2N2O3S/c19-13-6-5-12(14(20)10-13)9-18(24)25-11-17(23)22-15-3-1-2-4-16(15)26-8-7-21/h1-6,10H,8-9,11H2,(H,22,23). The Bertz CT molecular complexity index is 853. The molecule has 2 aromatic rings. The van der Waals surface area contributed by atoms with E-state index in [9.17, 15) is 9.59 Å². The number of benzene rings is 2. The highest BCUT2D eigenvalue weighted by Gasteiger charge is 2.12. The van der Waals surface area contributed by atoms with Crippen molar-refractivity contribution in [3.05, 3.63) is 58.1 Å². The number of thioether (sulfide) groups is 1. The molecule has 1 N–H and O–H groups in total. The minimum absolute atomic E-state index is 0.0576. The summed E-state index contributed by atoms with van der Waals surface area (Å²) < 4.78 is 4.98. The first kappa shape index (κ1) is 20.1. The second-order valence-electron chi connectivity index (χ2n) is 5.06. The van der Waals surface area contributed by atoms with Gasteiger partial charge in [-0.05, 0) is 29.8 Å². The maximum Gasteiger partial charge on any atom is 0.310 e. The topological polar surface area (TPSA) is 79.2 Å². The van der Waals surface area contributed by atoms with E-state index >= 15 is 0 Å². The van der Waals surface area contributed by atoms with Crippen molar-refractivity contribution in [3.63, 3.8) is 0 Å². The zero-order valence-corrected chi connectivity index (χ0v) is 15.8. The Balaban J connectivity index is 1.87. The summed E-state index contributed by atoms with van der Waals surface area (Å²) in [4.78, 5) is 24.6. The number of amides is 1.